The average molecular weight is 530 g/mol. The van der Waals surface area contributed by atoms with Gasteiger partial charge in [0.15, 0.2) is 0 Å². The molecule has 3 aromatic carbocycles. The highest BCUT2D eigenvalue weighted by Crippen LogP contribution is 2.26. The molecule has 4 aromatic rings. The predicted octanol–water partition coefficient (Wildman–Crippen LogP) is 4.74. The zero-order valence-corrected chi connectivity index (χ0v) is 21.8. The molecule has 1 N–H and O–H groups in total. The Labute approximate surface area is 226 Å². The second kappa shape index (κ2) is 11.5. The van der Waals surface area contributed by atoms with Gasteiger partial charge in [-0.2, -0.15) is 5.10 Å². The van der Waals surface area contributed by atoms with Crippen LogP contribution in [0.3, 0.4) is 0 Å². The Kier molecular flexibility index (Phi) is 7.72. The van der Waals surface area contributed by atoms with Gasteiger partial charge in [-0.25, -0.2) is 4.68 Å². The van der Waals surface area contributed by atoms with E-state index in [2.05, 4.69) is 10.2 Å². The first-order valence-electron chi connectivity index (χ1n) is 12.4. The van der Waals surface area contributed by atoms with Crippen molar-refractivity contribution in [3.63, 3.8) is 0 Å². The summed E-state index contributed by atoms with van der Waals surface area (Å²) >= 11 is 6.07. The van der Waals surface area contributed by atoms with Gasteiger partial charge in [-0.05, 0) is 48.5 Å². The van der Waals surface area contributed by atoms with Crippen LogP contribution in [0.15, 0.2) is 85.1 Å². The van der Waals surface area contributed by atoms with Gasteiger partial charge in [-0.3, -0.25) is 9.59 Å². The second-order valence-electron chi connectivity index (χ2n) is 9.03. The molecule has 1 aliphatic heterocycles. The molecule has 2 heterocycles. The highest BCUT2D eigenvalue weighted by Gasteiger charge is 2.23. The monoisotopic (exact) mass is 529 g/mol. The first-order valence-corrected chi connectivity index (χ1v) is 12.7. The van der Waals surface area contributed by atoms with Gasteiger partial charge in [-0.1, -0.05) is 41.9 Å². The normalized spacial score (nSPS) is 13.3. The van der Waals surface area contributed by atoms with Crippen molar-refractivity contribution in [3.8, 4) is 16.9 Å². The Bertz CT molecular complexity index is 1400. The van der Waals surface area contributed by atoms with Crippen LogP contribution < -0.4 is 10.2 Å². The van der Waals surface area contributed by atoms with E-state index in [1.165, 1.54) is 4.90 Å². The maximum Gasteiger partial charge on any atom is 0.257 e. The molecular formula is C29H28ClN5O3. The van der Waals surface area contributed by atoms with E-state index >= 15 is 0 Å². The number of anilines is 2. The van der Waals surface area contributed by atoms with E-state index in [0.29, 0.717) is 35.2 Å². The SMILES string of the molecule is CN(CC(=O)Nc1ccc(N2CCOCC2)cc1)C(=O)c1cn(-c2ccccc2)nc1-c1ccc(Cl)cc1. The van der Waals surface area contributed by atoms with Crippen LogP contribution in [-0.2, 0) is 9.53 Å². The van der Waals surface area contributed by atoms with Crippen molar-refractivity contribution in [2.24, 2.45) is 0 Å². The Morgan fingerprint density at radius 3 is 2.32 bits per heavy atom. The number of hydrogen-bond acceptors (Lipinski definition) is 5. The zero-order chi connectivity index (χ0) is 26.5. The third-order valence-corrected chi connectivity index (χ3v) is 6.59. The van der Waals surface area contributed by atoms with Gasteiger partial charge in [0.1, 0.15) is 5.69 Å². The fourth-order valence-electron chi connectivity index (χ4n) is 4.33. The first kappa shape index (κ1) is 25.5. The molecule has 0 spiro atoms. The lowest BCUT2D eigenvalue weighted by Gasteiger charge is -2.28. The fraction of sp³-hybridized carbons (Fsp3) is 0.207. The maximum atomic E-state index is 13.5. The Morgan fingerprint density at radius 2 is 1.63 bits per heavy atom. The molecular weight excluding hydrogens is 502 g/mol. The zero-order valence-electron chi connectivity index (χ0n) is 21.0. The molecule has 2 amide bonds. The van der Waals surface area contributed by atoms with Crippen molar-refractivity contribution in [2.45, 2.75) is 0 Å². The van der Waals surface area contributed by atoms with Crippen LogP contribution in [0, 0.1) is 0 Å². The molecule has 1 aromatic heterocycles. The van der Waals surface area contributed by atoms with Crippen LogP contribution in [0.4, 0.5) is 11.4 Å². The first-order chi connectivity index (χ1) is 18.5. The molecule has 8 nitrogen and oxygen atoms in total. The molecule has 0 aliphatic carbocycles. The Hall–Kier alpha value is -4.14. The van der Waals surface area contributed by atoms with Gasteiger partial charge in [0.25, 0.3) is 5.91 Å². The van der Waals surface area contributed by atoms with E-state index in [0.717, 1.165) is 30.0 Å². The number of amides is 2. The molecule has 0 unspecified atom stereocenters. The van der Waals surface area contributed by atoms with Crippen LogP contribution >= 0.6 is 11.6 Å². The Balaban J connectivity index is 1.30. The highest BCUT2D eigenvalue weighted by atomic mass is 35.5. The van der Waals surface area contributed by atoms with Crippen molar-refractivity contribution in [3.05, 3.63) is 95.6 Å². The topological polar surface area (TPSA) is 79.7 Å². The Morgan fingerprint density at radius 1 is 0.947 bits per heavy atom. The van der Waals surface area contributed by atoms with Gasteiger partial charge in [0.2, 0.25) is 5.91 Å². The summed E-state index contributed by atoms with van der Waals surface area (Å²) < 4.78 is 7.07. The summed E-state index contributed by atoms with van der Waals surface area (Å²) in [6.45, 7) is 3.00. The molecule has 38 heavy (non-hydrogen) atoms. The van der Waals surface area contributed by atoms with Crippen molar-refractivity contribution in [1.82, 2.24) is 14.7 Å². The molecule has 194 valence electrons. The number of nitrogens with zero attached hydrogens (tertiary/aromatic N) is 4. The number of ether oxygens (including phenoxy) is 1. The van der Waals surface area contributed by atoms with E-state index in [9.17, 15) is 9.59 Å². The minimum absolute atomic E-state index is 0.110. The van der Waals surface area contributed by atoms with E-state index < -0.39 is 0 Å². The summed E-state index contributed by atoms with van der Waals surface area (Å²) in [7, 11) is 1.61. The molecule has 0 saturated carbocycles. The summed E-state index contributed by atoms with van der Waals surface area (Å²) in [4.78, 5) is 29.9. The third kappa shape index (κ3) is 5.88. The largest absolute Gasteiger partial charge is 0.378 e. The minimum Gasteiger partial charge on any atom is -0.378 e. The summed E-state index contributed by atoms with van der Waals surface area (Å²) in [5, 5.41) is 8.17. The third-order valence-electron chi connectivity index (χ3n) is 6.34. The number of hydrogen-bond donors (Lipinski definition) is 1. The van der Waals surface area contributed by atoms with E-state index in [-0.39, 0.29) is 18.4 Å². The van der Waals surface area contributed by atoms with Gasteiger partial charge in [0.05, 0.1) is 31.0 Å². The number of carbonyl (C=O) groups excluding carboxylic acids is 2. The highest BCUT2D eigenvalue weighted by molar-refractivity contribution is 6.30. The van der Waals surface area contributed by atoms with Gasteiger partial charge >= 0.3 is 0 Å². The summed E-state index contributed by atoms with van der Waals surface area (Å²) in [6.07, 6.45) is 1.69. The number of rotatable bonds is 7. The standard InChI is InChI=1S/C29H28ClN5O3/c1-33(20-27(36)31-23-11-13-24(14-12-23)34-15-17-38-18-16-34)29(37)26-19-35(25-5-3-2-4-6-25)32-28(26)21-7-9-22(30)10-8-21/h2-14,19H,15-18,20H2,1H3,(H,31,36). The lowest BCUT2D eigenvalue weighted by Crippen LogP contribution is -2.36. The second-order valence-corrected chi connectivity index (χ2v) is 9.47. The fourth-order valence-corrected chi connectivity index (χ4v) is 4.46. The van der Waals surface area contributed by atoms with Crippen molar-refractivity contribution < 1.29 is 14.3 Å². The van der Waals surface area contributed by atoms with Crippen LogP contribution in [0.25, 0.3) is 16.9 Å². The van der Waals surface area contributed by atoms with Crippen molar-refractivity contribution in [1.29, 1.82) is 0 Å². The predicted molar refractivity (Wildman–Crippen MR) is 149 cm³/mol. The molecule has 1 aliphatic rings. The maximum absolute atomic E-state index is 13.5. The number of aromatic nitrogens is 2. The average Bonchev–Trinajstić information content (AvgIpc) is 3.40. The van der Waals surface area contributed by atoms with E-state index in [1.807, 2.05) is 66.7 Å². The lowest BCUT2D eigenvalue weighted by molar-refractivity contribution is -0.116. The van der Waals surface area contributed by atoms with Crippen molar-refractivity contribution in [2.75, 3.05) is 50.1 Å². The number of halogens is 1. The minimum atomic E-state index is -0.310. The summed E-state index contributed by atoms with van der Waals surface area (Å²) in [6, 6.07) is 24.4. The smallest absolute Gasteiger partial charge is 0.257 e. The van der Waals surface area contributed by atoms with E-state index in [4.69, 9.17) is 21.4 Å². The van der Waals surface area contributed by atoms with Crippen LogP contribution in [0.2, 0.25) is 5.02 Å². The van der Waals surface area contributed by atoms with Crippen molar-refractivity contribution >= 4 is 34.8 Å². The number of nitrogens with one attached hydrogen (secondary N) is 1. The molecule has 0 radical (unpaired) electrons. The van der Waals surface area contributed by atoms with Gasteiger partial charge in [0, 0.05) is 48.3 Å². The number of carbonyl (C=O) groups is 2. The summed E-state index contributed by atoms with van der Waals surface area (Å²) in [5.41, 5.74) is 4.24. The van der Waals surface area contributed by atoms with Crippen LogP contribution in [0.5, 0.6) is 0 Å². The number of para-hydroxylation sites is 1. The quantitative estimate of drug-likeness (QED) is 0.374. The molecule has 5 rings (SSSR count). The molecule has 0 bridgehead atoms. The van der Waals surface area contributed by atoms with E-state index in [1.54, 1.807) is 30.1 Å². The summed E-state index contributed by atoms with van der Waals surface area (Å²) in [5.74, 6) is -0.599. The molecule has 0 atom stereocenters. The molecule has 9 heteroatoms. The lowest BCUT2D eigenvalue weighted by atomic mass is 10.1. The van der Waals surface area contributed by atoms with Crippen LogP contribution in [-0.4, -0.2) is 66.4 Å². The van der Waals surface area contributed by atoms with Gasteiger partial charge in [-0.15, -0.1) is 0 Å². The number of likely N-dealkylation sites (N-methyl/N-ethyl adjacent to an activating group) is 1. The number of morpholine rings is 1. The van der Waals surface area contributed by atoms with Gasteiger partial charge < -0.3 is 19.9 Å². The number of benzene rings is 3. The molecule has 1 fully saturated rings. The van der Waals surface area contributed by atoms with Crippen LogP contribution in [0.1, 0.15) is 10.4 Å². The molecule has 1 saturated heterocycles.